The van der Waals surface area contributed by atoms with Gasteiger partial charge in [-0.25, -0.2) is 4.98 Å². The van der Waals surface area contributed by atoms with E-state index in [1.54, 1.807) is 6.33 Å². The van der Waals surface area contributed by atoms with E-state index in [-0.39, 0.29) is 0 Å². The van der Waals surface area contributed by atoms with Crippen molar-refractivity contribution in [3.8, 4) is 0 Å². The van der Waals surface area contributed by atoms with Crippen molar-refractivity contribution in [1.29, 1.82) is 0 Å². The van der Waals surface area contributed by atoms with Crippen LogP contribution in [0.5, 0.6) is 0 Å². The largest absolute Gasteiger partial charge is 0.442 e. The Morgan fingerprint density at radius 1 is 1.36 bits per heavy atom. The fourth-order valence-corrected chi connectivity index (χ4v) is 1.59. The Hall–Kier alpha value is -0.245. The maximum atomic E-state index is 4.21. The molecule has 0 bridgehead atoms. The van der Waals surface area contributed by atoms with Gasteiger partial charge < -0.3 is 3.55 Å². The molecule has 0 saturated heterocycles. The van der Waals surface area contributed by atoms with E-state index in [0.29, 0.717) is 0 Å². The summed E-state index contributed by atoms with van der Waals surface area (Å²) in [6, 6.07) is 6.15. The maximum Gasteiger partial charge on any atom is 0.319 e. The molecule has 2 aromatic rings. The molecular weight excluding hydrogens is 166 g/mol. The summed E-state index contributed by atoms with van der Waals surface area (Å²) in [7, 11) is 0. The molecule has 11 heavy (non-hydrogen) atoms. The highest BCUT2D eigenvalue weighted by Crippen LogP contribution is 2.07. The lowest BCUT2D eigenvalue weighted by atomic mass is 10.3. The van der Waals surface area contributed by atoms with Crippen LogP contribution in [0.25, 0.3) is 11.0 Å². The van der Waals surface area contributed by atoms with Crippen LogP contribution in [0.4, 0.5) is 0 Å². The van der Waals surface area contributed by atoms with Gasteiger partial charge in [0.2, 0.25) is 0 Å². The lowest BCUT2D eigenvalue weighted by molar-refractivity contribution is 1.25. The molecule has 2 nitrogen and oxygen atoms in total. The third-order valence-electron chi connectivity index (χ3n) is 1.60. The number of aromatic nitrogens is 2. The molecule has 0 atom stereocenters. The first-order chi connectivity index (χ1) is 5.27. The van der Waals surface area contributed by atoms with Crippen LogP contribution in [0.15, 0.2) is 24.5 Å². The van der Waals surface area contributed by atoms with Gasteiger partial charge in [0.25, 0.3) is 0 Å². The fraction of sp³-hybridized carbons (Fsp3) is 0. The van der Waals surface area contributed by atoms with E-state index in [1.807, 2.05) is 9.62 Å². The molecule has 0 amide bonds. The standard InChI is InChI=1S/C7H4N2.2Al/c1-2-4-7-6(3-1)8-5-9-7;;/h1,3-5H;;/q-1;;+1. The lowest BCUT2D eigenvalue weighted by Gasteiger charge is -1.96. The summed E-state index contributed by atoms with van der Waals surface area (Å²) >= 11 is 5.25. The Morgan fingerprint density at radius 3 is 3.00 bits per heavy atom. The number of benzene rings is 1. The molecule has 0 spiro atoms. The van der Waals surface area contributed by atoms with Crippen molar-refractivity contribution in [2.24, 2.45) is 0 Å². The van der Waals surface area contributed by atoms with Crippen molar-refractivity contribution >= 4 is 48.3 Å². The van der Waals surface area contributed by atoms with Crippen LogP contribution in [0.2, 0.25) is 0 Å². The number of imidazole rings is 1. The summed E-state index contributed by atoms with van der Waals surface area (Å²) < 4.78 is 3.10. The van der Waals surface area contributed by atoms with Gasteiger partial charge in [-0.1, -0.05) is 6.07 Å². The van der Waals surface area contributed by atoms with Gasteiger partial charge in [0.15, 0.2) is 16.3 Å². The van der Waals surface area contributed by atoms with Gasteiger partial charge >= 0.3 is 16.5 Å². The highest BCUT2D eigenvalue weighted by Gasteiger charge is 1.95. The zero-order valence-electron chi connectivity index (χ0n) is 5.86. The molecule has 4 radical (unpaired) electrons. The second-order valence-electron chi connectivity index (χ2n) is 2.40. The van der Waals surface area contributed by atoms with Crippen molar-refractivity contribution in [3.63, 3.8) is 0 Å². The summed E-state index contributed by atoms with van der Waals surface area (Å²) in [4.78, 5) is 4.21. The predicted molar refractivity (Wildman–Crippen MR) is 46.3 cm³/mol. The number of hydrogen-bond acceptors (Lipinski definition) is 1. The Kier molecular flexibility index (Phi) is 1.79. The second-order valence-corrected chi connectivity index (χ2v) is 3.62. The van der Waals surface area contributed by atoms with Crippen molar-refractivity contribution in [2.45, 2.75) is 0 Å². The van der Waals surface area contributed by atoms with Gasteiger partial charge in [-0.05, 0) is 12.1 Å². The molecule has 0 aliphatic heterocycles. The average Bonchev–Trinajstić information content (AvgIpc) is 2.32. The van der Waals surface area contributed by atoms with E-state index in [9.17, 15) is 0 Å². The second kappa shape index (κ2) is 2.66. The van der Waals surface area contributed by atoms with Crippen LogP contribution in [0.3, 0.4) is 0 Å². The van der Waals surface area contributed by atoms with Crippen molar-refractivity contribution in [3.05, 3.63) is 24.5 Å². The molecule has 1 heterocycles. The SMILES string of the molecule is [Al][c]1ccc2c(c1)nc[n]2[Al]. The van der Waals surface area contributed by atoms with Crippen molar-refractivity contribution < 1.29 is 0 Å². The van der Waals surface area contributed by atoms with Gasteiger partial charge in [0.1, 0.15) is 0 Å². The lowest BCUT2D eigenvalue weighted by Crippen LogP contribution is -2.00. The number of rotatable bonds is 0. The first-order valence-electron chi connectivity index (χ1n) is 3.25. The molecule has 1 aromatic carbocycles. The zero-order valence-corrected chi connectivity index (χ0v) is 8.17. The third kappa shape index (κ3) is 1.24. The Morgan fingerprint density at radius 2 is 2.18 bits per heavy atom. The quantitative estimate of drug-likeness (QED) is 0.499. The van der Waals surface area contributed by atoms with Crippen molar-refractivity contribution in [1.82, 2.24) is 8.53 Å². The van der Waals surface area contributed by atoms with Crippen LogP contribution >= 0.6 is 0 Å². The minimum Gasteiger partial charge on any atom is -0.442 e. The minimum atomic E-state index is 1.03. The number of hydrogen-bond donors (Lipinski definition) is 0. The Balaban J connectivity index is 2.86. The smallest absolute Gasteiger partial charge is 0.319 e. The molecule has 0 unspecified atom stereocenters. The van der Waals surface area contributed by atoms with Gasteiger partial charge in [0.05, 0.1) is 11.8 Å². The van der Waals surface area contributed by atoms with Gasteiger partial charge in [-0.2, -0.15) is 0 Å². The third-order valence-corrected chi connectivity index (χ3v) is 2.37. The van der Waals surface area contributed by atoms with E-state index >= 15 is 0 Å². The van der Waals surface area contributed by atoms with E-state index in [1.165, 1.54) is 4.43 Å². The molecule has 2 rings (SSSR count). The normalized spacial score (nSPS) is 10.5. The Labute approximate surface area is 81.3 Å². The van der Waals surface area contributed by atoms with Crippen LogP contribution in [-0.4, -0.2) is 41.3 Å². The van der Waals surface area contributed by atoms with Crippen LogP contribution < -0.4 is 4.43 Å². The molecule has 0 aliphatic carbocycles. The van der Waals surface area contributed by atoms with E-state index in [0.717, 1.165) is 11.0 Å². The molecule has 0 fully saturated rings. The van der Waals surface area contributed by atoms with E-state index in [2.05, 4.69) is 49.9 Å². The highest BCUT2D eigenvalue weighted by atomic mass is 27.1. The summed E-state index contributed by atoms with van der Waals surface area (Å²) in [5, 5.41) is 0. The molecule has 4 heteroatoms. The van der Waals surface area contributed by atoms with Crippen LogP contribution in [0, 0.1) is 0 Å². The molecule has 0 N–H and O–H groups in total. The van der Waals surface area contributed by atoms with Gasteiger partial charge in [-0.3, -0.25) is 0 Å². The topological polar surface area (TPSA) is 17.8 Å². The first kappa shape index (κ1) is 7.41. The summed E-state index contributed by atoms with van der Waals surface area (Å²) in [6.07, 6.45) is 1.79. The van der Waals surface area contributed by atoms with E-state index in [4.69, 9.17) is 0 Å². The van der Waals surface area contributed by atoms with E-state index < -0.39 is 0 Å². The predicted octanol–water partition coefficient (Wildman–Crippen LogP) is -0.238. The number of nitrogens with zero attached hydrogens (tertiary/aromatic N) is 2. The molecule has 0 saturated carbocycles. The molecule has 0 aliphatic rings. The van der Waals surface area contributed by atoms with Crippen LogP contribution in [0.1, 0.15) is 0 Å². The van der Waals surface area contributed by atoms with Gasteiger partial charge in [-0.15, -0.1) is 4.43 Å². The Bertz CT molecular complexity index is 394. The van der Waals surface area contributed by atoms with Crippen molar-refractivity contribution in [2.75, 3.05) is 0 Å². The van der Waals surface area contributed by atoms with Crippen LogP contribution in [-0.2, 0) is 0 Å². The fourth-order valence-electron chi connectivity index (χ4n) is 1.05. The monoisotopic (exact) mass is 170 g/mol. The minimum absolute atomic E-state index is 1.03. The molecule has 1 aromatic heterocycles. The molecule has 48 valence electrons. The summed E-state index contributed by atoms with van der Waals surface area (Å²) in [5.74, 6) is 0. The summed E-state index contributed by atoms with van der Waals surface area (Å²) in [6.45, 7) is 0. The zero-order chi connectivity index (χ0) is 7.84. The molecular formula is C7H4Al2N2. The highest BCUT2D eigenvalue weighted by molar-refractivity contribution is 6.33. The average molecular weight is 170 g/mol. The summed E-state index contributed by atoms with van der Waals surface area (Å²) in [5.41, 5.74) is 2.17. The maximum absolute atomic E-state index is 4.21. The van der Waals surface area contributed by atoms with Gasteiger partial charge in [0, 0.05) is 5.52 Å². The number of fused-ring (bicyclic) bond motifs is 1. The first-order valence-corrected chi connectivity index (χ1v) is 4.34.